The topological polar surface area (TPSA) is 65.7 Å². The summed E-state index contributed by atoms with van der Waals surface area (Å²) in [5.74, 6) is 0.428. The lowest BCUT2D eigenvalue weighted by atomic mass is 10.1. The molecule has 0 bridgehead atoms. The van der Waals surface area contributed by atoms with Crippen LogP contribution in [0.1, 0.15) is 12.5 Å². The van der Waals surface area contributed by atoms with Crippen molar-refractivity contribution >= 4 is 16.9 Å². The Kier molecular flexibility index (Phi) is 4.57. The minimum Gasteiger partial charge on any atom is -0.479 e. The molecule has 1 heterocycles. The lowest BCUT2D eigenvalue weighted by molar-refractivity contribution is -0.147. The molecule has 3 rings (SSSR count). The first-order valence-corrected chi connectivity index (χ1v) is 7.87. The van der Waals surface area contributed by atoms with Crippen molar-refractivity contribution in [1.29, 1.82) is 0 Å². The van der Waals surface area contributed by atoms with Gasteiger partial charge in [-0.1, -0.05) is 29.8 Å². The first-order valence-electron chi connectivity index (χ1n) is 7.87. The minimum absolute atomic E-state index is 0.173. The van der Waals surface area contributed by atoms with E-state index >= 15 is 0 Å². The molecule has 0 aliphatic rings. The Morgan fingerprint density at radius 2 is 1.80 bits per heavy atom. The van der Waals surface area contributed by atoms with E-state index in [-0.39, 0.29) is 5.43 Å². The number of esters is 1. The Bertz CT molecular complexity index is 970. The Morgan fingerprint density at radius 1 is 1.08 bits per heavy atom. The average molecular weight is 338 g/mol. The summed E-state index contributed by atoms with van der Waals surface area (Å²) in [5.41, 5.74) is 2.26. The third-order valence-corrected chi connectivity index (χ3v) is 3.88. The molecule has 1 aromatic heterocycles. The minimum atomic E-state index is -0.763. The van der Waals surface area contributed by atoms with Gasteiger partial charge in [-0.3, -0.25) is 4.79 Å². The Morgan fingerprint density at radius 3 is 2.48 bits per heavy atom. The van der Waals surface area contributed by atoms with E-state index in [1.54, 1.807) is 25.1 Å². The van der Waals surface area contributed by atoms with Crippen molar-refractivity contribution in [2.75, 3.05) is 7.11 Å². The van der Waals surface area contributed by atoms with Crippen molar-refractivity contribution in [3.8, 4) is 17.1 Å². The summed E-state index contributed by atoms with van der Waals surface area (Å²) in [6.07, 6.45) is -0.763. The normalized spacial score (nSPS) is 12.0. The Balaban J connectivity index is 1.98. The number of ether oxygens (including phenoxy) is 2. The third-order valence-electron chi connectivity index (χ3n) is 3.88. The molecule has 5 heteroatoms. The number of fused-ring (bicyclic) bond motifs is 1. The second-order valence-corrected chi connectivity index (χ2v) is 5.78. The van der Waals surface area contributed by atoms with E-state index in [4.69, 9.17) is 9.15 Å². The van der Waals surface area contributed by atoms with Crippen LogP contribution in [-0.2, 0) is 9.53 Å². The van der Waals surface area contributed by atoms with Crippen molar-refractivity contribution in [3.63, 3.8) is 0 Å². The van der Waals surface area contributed by atoms with Gasteiger partial charge < -0.3 is 13.9 Å². The molecule has 0 spiro atoms. The molecular formula is C20H18O5. The molecule has 0 radical (unpaired) electrons. The molecule has 0 fully saturated rings. The van der Waals surface area contributed by atoms with E-state index in [0.717, 1.165) is 11.1 Å². The van der Waals surface area contributed by atoms with Gasteiger partial charge in [0.2, 0.25) is 0 Å². The fraction of sp³-hybridized carbons (Fsp3) is 0.200. The number of benzene rings is 2. The molecule has 0 aliphatic heterocycles. The highest BCUT2D eigenvalue weighted by molar-refractivity contribution is 5.80. The molecular weight excluding hydrogens is 320 g/mol. The second-order valence-electron chi connectivity index (χ2n) is 5.78. The maximum atomic E-state index is 12.5. The van der Waals surface area contributed by atoms with Crippen molar-refractivity contribution in [3.05, 3.63) is 64.3 Å². The molecule has 3 aromatic rings. The number of carbonyl (C=O) groups is 1. The van der Waals surface area contributed by atoms with Gasteiger partial charge in [-0.05, 0) is 32.0 Å². The summed E-state index contributed by atoms with van der Waals surface area (Å²) >= 11 is 0. The molecule has 0 saturated heterocycles. The number of rotatable bonds is 4. The van der Waals surface area contributed by atoms with E-state index in [0.29, 0.717) is 22.5 Å². The Labute approximate surface area is 144 Å². The molecule has 0 amide bonds. The predicted octanol–water partition coefficient (Wildman–Crippen LogP) is 3.71. The lowest BCUT2D eigenvalue weighted by Crippen LogP contribution is -2.24. The highest BCUT2D eigenvalue weighted by Crippen LogP contribution is 2.25. The van der Waals surface area contributed by atoms with E-state index in [9.17, 15) is 9.59 Å². The van der Waals surface area contributed by atoms with Gasteiger partial charge in [0, 0.05) is 11.6 Å². The van der Waals surface area contributed by atoms with Crippen LogP contribution in [0.15, 0.2) is 57.7 Å². The van der Waals surface area contributed by atoms with Gasteiger partial charge in [0.05, 0.1) is 12.5 Å². The van der Waals surface area contributed by atoms with Crippen LogP contribution >= 0.6 is 0 Å². The predicted molar refractivity (Wildman–Crippen MR) is 94.8 cm³/mol. The fourth-order valence-corrected chi connectivity index (χ4v) is 2.49. The van der Waals surface area contributed by atoms with Gasteiger partial charge in [-0.15, -0.1) is 0 Å². The number of hydrogen-bond donors (Lipinski definition) is 0. The molecule has 1 atom stereocenters. The first-order chi connectivity index (χ1) is 12.0. The van der Waals surface area contributed by atoms with Crippen LogP contribution < -0.4 is 10.2 Å². The highest BCUT2D eigenvalue weighted by atomic mass is 16.6. The van der Waals surface area contributed by atoms with Gasteiger partial charge in [0.25, 0.3) is 0 Å². The lowest BCUT2D eigenvalue weighted by Gasteiger charge is -2.12. The zero-order valence-corrected chi connectivity index (χ0v) is 14.2. The summed E-state index contributed by atoms with van der Waals surface area (Å²) in [7, 11) is 1.30. The summed E-state index contributed by atoms with van der Waals surface area (Å²) in [6.45, 7) is 3.58. The van der Waals surface area contributed by atoms with Crippen molar-refractivity contribution in [2.24, 2.45) is 0 Å². The van der Waals surface area contributed by atoms with Crippen LogP contribution in [0.4, 0.5) is 0 Å². The molecule has 0 saturated carbocycles. The summed E-state index contributed by atoms with van der Waals surface area (Å²) in [6, 6.07) is 14.1. The maximum absolute atomic E-state index is 12.5. The van der Waals surface area contributed by atoms with Crippen LogP contribution in [0.2, 0.25) is 0 Å². The molecule has 2 aromatic carbocycles. The second kappa shape index (κ2) is 6.81. The van der Waals surface area contributed by atoms with Crippen molar-refractivity contribution in [1.82, 2.24) is 0 Å². The van der Waals surface area contributed by atoms with Crippen LogP contribution in [0, 0.1) is 6.92 Å². The smallest absolute Gasteiger partial charge is 0.346 e. The maximum Gasteiger partial charge on any atom is 0.346 e. The molecule has 25 heavy (non-hydrogen) atoms. The summed E-state index contributed by atoms with van der Waals surface area (Å²) in [5, 5.41) is 0.394. The highest BCUT2D eigenvalue weighted by Gasteiger charge is 2.15. The molecule has 0 N–H and O–H groups in total. The third kappa shape index (κ3) is 3.55. The van der Waals surface area contributed by atoms with E-state index < -0.39 is 12.1 Å². The van der Waals surface area contributed by atoms with Gasteiger partial charge in [-0.2, -0.15) is 0 Å². The average Bonchev–Trinajstić information content (AvgIpc) is 2.62. The van der Waals surface area contributed by atoms with E-state index in [2.05, 4.69) is 4.74 Å². The number of carbonyl (C=O) groups excluding carboxylic acids is 1. The zero-order chi connectivity index (χ0) is 18.0. The van der Waals surface area contributed by atoms with Crippen molar-refractivity contribution in [2.45, 2.75) is 20.0 Å². The van der Waals surface area contributed by atoms with Crippen LogP contribution in [0.5, 0.6) is 5.75 Å². The molecule has 128 valence electrons. The standard InChI is InChI=1S/C20H18O5/c1-12-4-6-14(7-5-12)19-11-17(21)16-10-15(8-9-18(16)25-19)24-13(2)20(22)23-3/h4-11,13H,1-3H3/t13-/m1/s1. The zero-order valence-electron chi connectivity index (χ0n) is 14.2. The summed E-state index contributed by atoms with van der Waals surface area (Å²) < 4.78 is 16.0. The van der Waals surface area contributed by atoms with Gasteiger partial charge in [0.1, 0.15) is 17.1 Å². The van der Waals surface area contributed by atoms with Crippen molar-refractivity contribution < 1.29 is 18.7 Å². The molecule has 0 unspecified atom stereocenters. The van der Waals surface area contributed by atoms with E-state index in [1.165, 1.54) is 13.2 Å². The summed E-state index contributed by atoms with van der Waals surface area (Å²) in [4.78, 5) is 23.9. The number of hydrogen-bond acceptors (Lipinski definition) is 5. The Hall–Kier alpha value is -3.08. The largest absolute Gasteiger partial charge is 0.479 e. The fourth-order valence-electron chi connectivity index (χ4n) is 2.49. The molecule has 0 aliphatic carbocycles. The van der Waals surface area contributed by atoms with Gasteiger partial charge >= 0.3 is 5.97 Å². The SMILES string of the molecule is COC(=O)[C@@H](C)Oc1ccc2oc(-c3ccc(C)cc3)cc(=O)c2c1. The molecule has 5 nitrogen and oxygen atoms in total. The van der Waals surface area contributed by atoms with Crippen LogP contribution in [-0.4, -0.2) is 19.2 Å². The number of aryl methyl sites for hydroxylation is 1. The van der Waals surface area contributed by atoms with Gasteiger partial charge in [-0.25, -0.2) is 4.79 Å². The number of methoxy groups -OCH3 is 1. The van der Waals surface area contributed by atoms with Crippen LogP contribution in [0.3, 0.4) is 0 Å². The quantitative estimate of drug-likeness (QED) is 0.679. The van der Waals surface area contributed by atoms with E-state index in [1.807, 2.05) is 31.2 Å². The van der Waals surface area contributed by atoms with Crippen LogP contribution in [0.25, 0.3) is 22.3 Å². The monoisotopic (exact) mass is 338 g/mol. The first kappa shape index (κ1) is 16.8. The van der Waals surface area contributed by atoms with Gasteiger partial charge in [0.15, 0.2) is 11.5 Å².